The summed E-state index contributed by atoms with van der Waals surface area (Å²) in [6.45, 7) is 0.708. The molecule has 0 unspecified atom stereocenters. The standard InChI is InChI=1S/C17H23IN4O/c1-22(2)17(8-4-3-5-9-17)11-19-16(23)12-6-7-14-13(10-12)15(18)21-20-14/h6-7,10H,3-5,8-9,11H2,1-2H3,(H,19,23)(H,20,21). The molecule has 0 spiro atoms. The predicted molar refractivity (Wildman–Crippen MR) is 101 cm³/mol. The van der Waals surface area contributed by atoms with Crippen LogP contribution in [0.15, 0.2) is 18.2 Å². The minimum atomic E-state index is -0.00398. The number of amides is 1. The first kappa shape index (κ1) is 16.7. The van der Waals surface area contributed by atoms with Crippen LogP contribution in [-0.4, -0.2) is 47.2 Å². The number of rotatable bonds is 4. The minimum absolute atomic E-state index is 0.00398. The van der Waals surface area contributed by atoms with Crippen molar-refractivity contribution in [1.82, 2.24) is 20.4 Å². The number of nitrogens with zero attached hydrogens (tertiary/aromatic N) is 2. The highest BCUT2D eigenvalue weighted by atomic mass is 127. The summed E-state index contributed by atoms with van der Waals surface area (Å²) in [7, 11) is 4.24. The Morgan fingerprint density at radius 1 is 1.35 bits per heavy atom. The Labute approximate surface area is 150 Å². The van der Waals surface area contributed by atoms with Gasteiger partial charge in [0, 0.05) is 23.0 Å². The molecule has 2 N–H and O–H groups in total. The average molecular weight is 426 g/mol. The lowest BCUT2D eigenvalue weighted by Crippen LogP contribution is -2.53. The van der Waals surface area contributed by atoms with Gasteiger partial charge in [0.1, 0.15) is 3.70 Å². The molecule has 1 fully saturated rings. The van der Waals surface area contributed by atoms with Crippen LogP contribution < -0.4 is 5.32 Å². The molecule has 1 aliphatic carbocycles. The molecular formula is C17H23IN4O. The first-order valence-corrected chi connectivity index (χ1v) is 9.19. The maximum Gasteiger partial charge on any atom is 0.251 e. The Morgan fingerprint density at radius 3 is 2.78 bits per heavy atom. The Hall–Kier alpha value is -1.15. The summed E-state index contributed by atoms with van der Waals surface area (Å²) < 4.78 is 0.962. The zero-order valence-electron chi connectivity index (χ0n) is 13.7. The summed E-state index contributed by atoms with van der Waals surface area (Å²) in [5.41, 5.74) is 1.69. The zero-order valence-corrected chi connectivity index (χ0v) is 15.8. The highest BCUT2D eigenvalue weighted by molar-refractivity contribution is 14.1. The maximum atomic E-state index is 12.6. The third-order valence-corrected chi connectivity index (χ3v) is 5.90. The van der Waals surface area contributed by atoms with Crippen LogP contribution in [0.1, 0.15) is 42.5 Å². The topological polar surface area (TPSA) is 61.0 Å². The summed E-state index contributed by atoms with van der Waals surface area (Å²) in [4.78, 5) is 14.9. The van der Waals surface area contributed by atoms with Gasteiger partial charge in [-0.1, -0.05) is 19.3 Å². The van der Waals surface area contributed by atoms with E-state index in [1.54, 1.807) is 0 Å². The van der Waals surface area contributed by atoms with Gasteiger partial charge in [-0.2, -0.15) is 5.10 Å². The first-order chi connectivity index (χ1) is 11.0. The number of nitrogens with one attached hydrogen (secondary N) is 2. The summed E-state index contributed by atoms with van der Waals surface area (Å²) >= 11 is 2.20. The molecule has 0 bridgehead atoms. The van der Waals surface area contributed by atoms with E-state index in [1.165, 1.54) is 19.3 Å². The van der Waals surface area contributed by atoms with Crippen molar-refractivity contribution in [2.24, 2.45) is 0 Å². The Balaban J connectivity index is 1.73. The Morgan fingerprint density at radius 2 is 2.09 bits per heavy atom. The smallest absolute Gasteiger partial charge is 0.251 e. The number of likely N-dealkylation sites (N-methyl/N-ethyl adjacent to an activating group) is 1. The molecule has 3 rings (SSSR count). The number of halogens is 1. The number of carbonyl (C=O) groups excluding carboxylic acids is 1. The van der Waals surface area contributed by atoms with E-state index in [0.29, 0.717) is 12.1 Å². The van der Waals surface area contributed by atoms with Crippen LogP contribution in [0.4, 0.5) is 0 Å². The van der Waals surface area contributed by atoms with E-state index in [9.17, 15) is 4.79 Å². The van der Waals surface area contributed by atoms with E-state index < -0.39 is 0 Å². The van der Waals surface area contributed by atoms with E-state index in [1.807, 2.05) is 18.2 Å². The molecule has 0 radical (unpaired) electrons. The van der Waals surface area contributed by atoms with E-state index in [4.69, 9.17) is 0 Å². The molecule has 124 valence electrons. The van der Waals surface area contributed by atoms with Gasteiger partial charge in [0.05, 0.1) is 5.52 Å². The van der Waals surface area contributed by atoms with Crippen molar-refractivity contribution in [1.29, 1.82) is 0 Å². The molecule has 6 heteroatoms. The minimum Gasteiger partial charge on any atom is -0.350 e. The molecule has 1 saturated carbocycles. The van der Waals surface area contributed by atoms with E-state index in [0.717, 1.165) is 27.4 Å². The van der Waals surface area contributed by atoms with Gasteiger partial charge in [0.2, 0.25) is 0 Å². The summed E-state index contributed by atoms with van der Waals surface area (Å²) in [5, 5.41) is 11.3. The summed E-state index contributed by atoms with van der Waals surface area (Å²) in [6.07, 6.45) is 6.09. The number of H-pyrrole nitrogens is 1. The van der Waals surface area contributed by atoms with E-state index in [2.05, 4.69) is 57.1 Å². The lowest BCUT2D eigenvalue weighted by atomic mass is 9.80. The fraction of sp³-hybridized carbons (Fsp3) is 0.529. The Kier molecular flexibility index (Phi) is 4.91. The molecule has 1 aromatic carbocycles. The first-order valence-electron chi connectivity index (χ1n) is 8.11. The quantitative estimate of drug-likeness (QED) is 0.739. The SMILES string of the molecule is CN(C)C1(CNC(=O)c2ccc3n[nH]c(I)c3c2)CCCCC1. The lowest BCUT2D eigenvalue weighted by molar-refractivity contribution is 0.0800. The molecular weight excluding hydrogens is 403 g/mol. The van der Waals surface area contributed by atoms with Crippen molar-refractivity contribution in [3.8, 4) is 0 Å². The molecule has 1 amide bonds. The number of carbonyl (C=O) groups is 1. The molecule has 1 heterocycles. The van der Waals surface area contributed by atoms with Crippen LogP contribution >= 0.6 is 22.6 Å². The number of aromatic nitrogens is 2. The van der Waals surface area contributed by atoms with Gasteiger partial charge in [0.25, 0.3) is 5.91 Å². The molecule has 2 aromatic rings. The van der Waals surface area contributed by atoms with Crippen LogP contribution in [-0.2, 0) is 0 Å². The third kappa shape index (κ3) is 3.38. The van der Waals surface area contributed by atoms with Gasteiger partial charge in [-0.3, -0.25) is 9.89 Å². The van der Waals surface area contributed by atoms with Gasteiger partial charge in [-0.15, -0.1) is 0 Å². The van der Waals surface area contributed by atoms with Crippen LogP contribution in [0, 0.1) is 3.70 Å². The largest absolute Gasteiger partial charge is 0.350 e. The summed E-state index contributed by atoms with van der Waals surface area (Å²) in [6, 6.07) is 5.65. The van der Waals surface area contributed by atoms with Crippen molar-refractivity contribution >= 4 is 39.4 Å². The molecule has 5 nitrogen and oxygen atoms in total. The van der Waals surface area contributed by atoms with Crippen LogP contribution in [0.3, 0.4) is 0 Å². The molecule has 0 saturated heterocycles. The highest BCUT2D eigenvalue weighted by Crippen LogP contribution is 2.31. The second-order valence-electron chi connectivity index (χ2n) is 6.63. The fourth-order valence-electron chi connectivity index (χ4n) is 3.46. The van der Waals surface area contributed by atoms with Crippen LogP contribution in [0.5, 0.6) is 0 Å². The molecule has 0 atom stereocenters. The number of fused-ring (bicyclic) bond motifs is 1. The van der Waals surface area contributed by atoms with Crippen molar-refractivity contribution in [3.63, 3.8) is 0 Å². The molecule has 0 aliphatic heterocycles. The van der Waals surface area contributed by atoms with E-state index in [-0.39, 0.29) is 11.4 Å². The van der Waals surface area contributed by atoms with Crippen LogP contribution in [0.25, 0.3) is 10.9 Å². The Bertz CT molecular complexity index is 704. The zero-order chi connectivity index (χ0) is 16.4. The molecule has 23 heavy (non-hydrogen) atoms. The van der Waals surface area contributed by atoms with Crippen molar-refractivity contribution in [2.75, 3.05) is 20.6 Å². The van der Waals surface area contributed by atoms with Crippen molar-refractivity contribution < 1.29 is 4.79 Å². The number of hydrogen-bond donors (Lipinski definition) is 2. The maximum absolute atomic E-state index is 12.6. The molecule has 1 aliphatic rings. The number of aromatic amines is 1. The second kappa shape index (κ2) is 6.76. The average Bonchev–Trinajstić information content (AvgIpc) is 2.94. The third-order valence-electron chi connectivity index (χ3n) is 5.08. The van der Waals surface area contributed by atoms with Gasteiger partial charge in [0.15, 0.2) is 0 Å². The van der Waals surface area contributed by atoms with Gasteiger partial charge in [-0.05, 0) is 67.7 Å². The second-order valence-corrected chi connectivity index (χ2v) is 7.71. The van der Waals surface area contributed by atoms with Crippen molar-refractivity contribution in [3.05, 3.63) is 27.5 Å². The monoisotopic (exact) mass is 426 g/mol. The number of benzene rings is 1. The number of hydrogen-bond acceptors (Lipinski definition) is 3. The van der Waals surface area contributed by atoms with Gasteiger partial charge >= 0.3 is 0 Å². The van der Waals surface area contributed by atoms with Gasteiger partial charge in [-0.25, -0.2) is 0 Å². The predicted octanol–water partition coefficient (Wildman–Crippen LogP) is 3.16. The highest BCUT2D eigenvalue weighted by Gasteiger charge is 2.34. The van der Waals surface area contributed by atoms with Gasteiger partial charge < -0.3 is 10.2 Å². The van der Waals surface area contributed by atoms with E-state index >= 15 is 0 Å². The molecule has 1 aromatic heterocycles. The van der Waals surface area contributed by atoms with Crippen molar-refractivity contribution in [2.45, 2.75) is 37.6 Å². The summed E-state index contributed by atoms with van der Waals surface area (Å²) in [5.74, 6) is -0.00398. The van der Waals surface area contributed by atoms with Crippen LogP contribution in [0.2, 0.25) is 0 Å². The fourth-order valence-corrected chi connectivity index (χ4v) is 4.01. The lowest BCUT2D eigenvalue weighted by Gasteiger charge is -2.43. The normalized spacial score (nSPS) is 17.6.